The lowest BCUT2D eigenvalue weighted by molar-refractivity contribution is 0.112. The van der Waals surface area contributed by atoms with Crippen LogP contribution in [0.15, 0.2) is 4.34 Å². The Bertz CT molecular complexity index is 274. The lowest BCUT2D eigenvalue weighted by Gasteiger charge is -1.89. The van der Waals surface area contributed by atoms with Crippen molar-refractivity contribution in [3.63, 3.8) is 0 Å². The Kier molecular flexibility index (Phi) is 4.05. The summed E-state index contributed by atoms with van der Waals surface area (Å²) in [5.41, 5.74) is 0. The minimum atomic E-state index is 0.327. The molecule has 0 radical (unpaired) electrons. The van der Waals surface area contributed by atoms with Gasteiger partial charge in [0.2, 0.25) is 0 Å². The molecular formula is C7H8ClNOS2. The van der Waals surface area contributed by atoms with Crippen LogP contribution in [0.4, 0.5) is 0 Å². The summed E-state index contributed by atoms with van der Waals surface area (Å²) in [5, 5.41) is 0.327. The summed E-state index contributed by atoms with van der Waals surface area (Å²) >= 11 is 8.66. The monoisotopic (exact) mass is 221 g/mol. The molecule has 0 aliphatic heterocycles. The molecule has 0 atom stereocenters. The summed E-state index contributed by atoms with van der Waals surface area (Å²) in [6, 6.07) is 0. The summed E-state index contributed by atoms with van der Waals surface area (Å²) in [7, 11) is 0. The van der Waals surface area contributed by atoms with E-state index < -0.39 is 0 Å². The van der Waals surface area contributed by atoms with Crippen LogP contribution in [0.25, 0.3) is 0 Å². The minimum absolute atomic E-state index is 0.327. The van der Waals surface area contributed by atoms with Gasteiger partial charge in [-0.2, -0.15) is 0 Å². The van der Waals surface area contributed by atoms with Gasteiger partial charge in [0, 0.05) is 5.75 Å². The summed E-state index contributed by atoms with van der Waals surface area (Å²) in [4.78, 5) is 14.9. The third-order valence-corrected chi connectivity index (χ3v) is 3.86. The number of rotatable bonds is 4. The van der Waals surface area contributed by atoms with Gasteiger partial charge in [-0.05, 0) is 6.42 Å². The largest absolute Gasteiger partial charge is 0.297 e. The SMILES string of the molecule is CCCSc1nc(Cl)c(C=O)s1. The highest BCUT2D eigenvalue weighted by Crippen LogP contribution is 2.29. The maximum atomic E-state index is 10.4. The lowest BCUT2D eigenvalue weighted by atomic mass is 10.6. The van der Waals surface area contributed by atoms with E-state index in [1.165, 1.54) is 11.3 Å². The third kappa shape index (κ3) is 2.47. The Hall–Kier alpha value is -0.0600. The van der Waals surface area contributed by atoms with E-state index in [2.05, 4.69) is 11.9 Å². The highest BCUT2D eigenvalue weighted by molar-refractivity contribution is 8.01. The maximum Gasteiger partial charge on any atom is 0.163 e. The molecule has 0 unspecified atom stereocenters. The number of halogens is 1. The molecule has 0 N–H and O–H groups in total. The number of thioether (sulfide) groups is 1. The van der Waals surface area contributed by atoms with Crippen LogP contribution in [0.1, 0.15) is 23.0 Å². The molecule has 1 rings (SSSR count). The van der Waals surface area contributed by atoms with Gasteiger partial charge in [-0.15, -0.1) is 11.3 Å². The van der Waals surface area contributed by atoms with E-state index in [9.17, 15) is 4.79 Å². The molecule has 0 aromatic carbocycles. The van der Waals surface area contributed by atoms with E-state index >= 15 is 0 Å². The number of aldehydes is 1. The van der Waals surface area contributed by atoms with Crippen LogP contribution in [0.2, 0.25) is 5.15 Å². The van der Waals surface area contributed by atoms with Crippen molar-refractivity contribution in [2.75, 3.05) is 5.75 Å². The Balaban J connectivity index is 2.68. The normalized spacial score (nSPS) is 10.2. The van der Waals surface area contributed by atoms with E-state index in [-0.39, 0.29) is 0 Å². The van der Waals surface area contributed by atoms with Crippen molar-refractivity contribution in [3.8, 4) is 0 Å². The van der Waals surface area contributed by atoms with Crippen LogP contribution in [0.3, 0.4) is 0 Å². The van der Waals surface area contributed by atoms with Gasteiger partial charge in [-0.3, -0.25) is 4.79 Å². The second kappa shape index (κ2) is 4.84. The Labute approximate surface area is 84.3 Å². The number of nitrogens with zero attached hydrogens (tertiary/aromatic N) is 1. The molecule has 66 valence electrons. The quantitative estimate of drug-likeness (QED) is 0.578. The predicted octanol–water partition coefficient (Wildman–Crippen LogP) is 3.11. The molecule has 5 heteroatoms. The van der Waals surface area contributed by atoms with Crippen molar-refractivity contribution < 1.29 is 4.79 Å². The molecule has 2 nitrogen and oxygen atoms in total. The number of hydrogen-bond donors (Lipinski definition) is 0. The van der Waals surface area contributed by atoms with Gasteiger partial charge in [0.25, 0.3) is 0 Å². The number of hydrogen-bond acceptors (Lipinski definition) is 4. The minimum Gasteiger partial charge on any atom is -0.297 e. The van der Waals surface area contributed by atoms with Gasteiger partial charge < -0.3 is 0 Å². The molecule has 1 aromatic heterocycles. The molecule has 0 amide bonds. The molecule has 0 spiro atoms. The first kappa shape index (κ1) is 10.0. The van der Waals surface area contributed by atoms with E-state index in [4.69, 9.17) is 11.6 Å². The first-order chi connectivity index (χ1) is 5.77. The fourth-order valence-corrected chi connectivity index (χ4v) is 2.76. The Morgan fingerprint density at radius 2 is 2.50 bits per heavy atom. The van der Waals surface area contributed by atoms with Crippen LogP contribution in [-0.4, -0.2) is 17.0 Å². The average Bonchev–Trinajstić information content (AvgIpc) is 2.43. The number of thiazole rings is 1. The molecule has 0 aliphatic rings. The van der Waals surface area contributed by atoms with E-state index in [0.717, 1.165) is 22.8 Å². The van der Waals surface area contributed by atoms with Crippen molar-refractivity contribution >= 4 is 41.0 Å². The zero-order chi connectivity index (χ0) is 8.97. The van der Waals surface area contributed by atoms with Crippen LogP contribution in [-0.2, 0) is 0 Å². The van der Waals surface area contributed by atoms with Crippen molar-refractivity contribution in [2.45, 2.75) is 17.7 Å². The van der Waals surface area contributed by atoms with Gasteiger partial charge in [-0.25, -0.2) is 4.98 Å². The zero-order valence-corrected chi connectivity index (χ0v) is 8.93. The van der Waals surface area contributed by atoms with Crippen molar-refractivity contribution in [1.29, 1.82) is 0 Å². The average molecular weight is 222 g/mol. The maximum absolute atomic E-state index is 10.4. The van der Waals surface area contributed by atoms with Crippen LogP contribution < -0.4 is 0 Å². The van der Waals surface area contributed by atoms with E-state index in [1.807, 2.05) is 0 Å². The molecule has 0 aliphatic carbocycles. The molecule has 0 bridgehead atoms. The van der Waals surface area contributed by atoms with Crippen molar-refractivity contribution in [2.24, 2.45) is 0 Å². The van der Waals surface area contributed by atoms with Crippen LogP contribution in [0.5, 0.6) is 0 Å². The molecule has 0 saturated carbocycles. The number of carbonyl (C=O) groups excluding carboxylic acids is 1. The predicted molar refractivity (Wildman–Crippen MR) is 53.5 cm³/mol. The molecular weight excluding hydrogens is 214 g/mol. The molecule has 1 heterocycles. The first-order valence-electron chi connectivity index (χ1n) is 3.52. The van der Waals surface area contributed by atoms with Crippen molar-refractivity contribution in [3.05, 3.63) is 10.0 Å². The Morgan fingerprint density at radius 3 is 3.00 bits per heavy atom. The molecule has 0 fully saturated rings. The number of aromatic nitrogens is 1. The third-order valence-electron chi connectivity index (χ3n) is 1.13. The second-order valence-electron chi connectivity index (χ2n) is 2.10. The van der Waals surface area contributed by atoms with Crippen LogP contribution >= 0.6 is 34.7 Å². The molecule has 0 saturated heterocycles. The smallest absolute Gasteiger partial charge is 0.163 e. The van der Waals surface area contributed by atoms with Gasteiger partial charge in [0.1, 0.15) is 4.88 Å². The fourth-order valence-electron chi connectivity index (χ4n) is 0.618. The molecule has 12 heavy (non-hydrogen) atoms. The standard InChI is InChI=1S/C7H8ClNOS2/c1-2-3-11-7-9-6(8)5(4-10)12-7/h4H,2-3H2,1H3. The second-order valence-corrected chi connectivity index (χ2v) is 4.83. The van der Waals surface area contributed by atoms with Crippen molar-refractivity contribution in [1.82, 2.24) is 4.98 Å². The first-order valence-corrected chi connectivity index (χ1v) is 5.70. The molecule has 1 aromatic rings. The van der Waals surface area contributed by atoms with Gasteiger partial charge in [0.05, 0.1) is 0 Å². The van der Waals surface area contributed by atoms with E-state index in [1.54, 1.807) is 11.8 Å². The highest BCUT2D eigenvalue weighted by atomic mass is 35.5. The lowest BCUT2D eigenvalue weighted by Crippen LogP contribution is -1.73. The summed E-state index contributed by atoms with van der Waals surface area (Å²) in [6.07, 6.45) is 1.84. The topological polar surface area (TPSA) is 30.0 Å². The number of carbonyl (C=O) groups is 1. The van der Waals surface area contributed by atoms with Gasteiger partial charge in [-0.1, -0.05) is 30.3 Å². The summed E-state index contributed by atoms with van der Waals surface area (Å²) < 4.78 is 0.879. The summed E-state index contributed by atoms with van der Waals surface area (Å²) in [5.74, 6) is 1.02. The summed E-state index contributed by atoms with van der Waals surface area (Å²) in [6.45, 7) is 2.10. The van der Waals surface area contributed by atoms with Gasteiger partial charge >= 0.3 is 0 Å². The Morgan fingerprint density at radius 1 is 1.75 bits per heavy atom. The van der Waals surface area contributed by atoms with Crippen LogP contribution in [0, 0.1) is 0 Å². The van der Waals surface area contributed by atoms with E-state index in [0.29, 0.717) is 10.0 Å². The fraction of sp³-hybridized carbons (Fsp3) is 0.429. The zero-order valence-electron chi connectivity index (χ0n) is 6.54. The highest BCUT2D eigenvalue weighted by Gasteiger charge is 2.07. The van der Waals surface area contributed by atoms with Gasteiger partial charge in [0.15, 0.2) is 15.8 Å².